The van der Waals surface area contributed by atoms with Gasteiger partial charge in [-0.05, 0) is 157 Å². The maximum atomic E-state index is 13.0. The van der Waals surface area contributed by atoms with Gasteiger partial charge in [0.15, 0.2) is 23.5 Å². The van der Waals surface area contributed by atoms with Crippen LogP contribution in [0.2, 0.25) is 15.1 Å². The number of aliphatic hydroxyl groups excluding tert-OH is 1. The number of nitriles is 1. The van der Waals surface area contributed by atoms with Crippen molar-refractivity contribution in [2.24, 2.45) is 0 Å². The summed E-state index contributed by atoms with van der Waals surface area (Å²) >= 11 is 17.5. The van der Waals surface area contributed by atoms with Crippen molar-refractivity contribution in [3.05, 3.63) is 295 Å². The maximum absolute atomic E-state index is 13.0. The average Bonchev–Trinajstić information content (AvgIpc) is 1.15. The Morgan fingerprint density at radius 2 is 0.815 bits per heavy atom. The van der Waals surface area contributed by atoms with Gasteiger partial charge in [-0.25, -0.2) is 5.06 Å². The van der Waals surface area contributed by atoms with Crippen LogP contribution in [-0.2, 0) is 117 Å². The zero-order valence-corrected chi connectivity index (χ0v) is 75.5. The van der Waals surface area contributed by atoms with Crippen molar-refractivity contribution >= 4 is 106 Å². The number of aryl methyl sites for hydroxylation is 1. The number of aldehydes is 1. The molecule has 1 saturated heterocycles. The molecule has 28 nitrogen and oxygen atoms in total. The molecule has 0 saturated carbocycles. The summed E-state index contributed by atoms with van der Waals surface area (Å²) in [5.74, 6) is -3.68. The number of carbonyl (C=O) groups is 9. The Labute approximate surface area is 799 Å². The summed E-state index contributed by atoms with van der Waals surface area (Å²) in [5.41, 5.74) is 8.02. The Morgan fingerprint density at radius 3 is 1.20 bits per heavy atom. The Hall–Kier alpha value is -9.82. The van der Waals surface area contributed by atoms with E-state index in [4.69, 9.17) is 87.5 Å². The first kappa shape index (κ1) is 111. The molecule has 12 rings (SSSR count). The van der Waals surface area contributed by atoms with Gasteiger partial charge in [-0.15, -0.1) is 0 Å². The third-order valence-corrected chi connectivity index (χ3v) is 20.4. The van der Waals surface area contributed by atoms with Gasteiger partial charge >= 0.3 is 18.9 Å². The van der Waals surface area contributed by atoms with Gasteiger partial charge in [0.25, 0.3) is 41.4 Å². The fourth-order valence-electron chi connectivity index (χ4n) is 12.5. The number of rotatable bonds is 15. The van der Waals surface area contributed by atoms with Crippen LogP contribution in [0.15, 0.2) is 218 Å². The smallest absolute Gasteiger partial charge is 1.00 e. The SMILES string of the molecule is C1CCOC1.CON(C)C(=O)[C@@H]1C/C=C\COCCOCc2ccccc2C(=O)N1.N#CCCc1ccc(Cl)cc1.O=C(NCCc1ccc(Cl)cc1)C(=O)[C@@H]1C/C=C\COCCOCc2ccccc2C(=O)N1.O=C1N[C@H](C(O)C(=O)NCCc2ccc(Cl)cc2)C/C=C\COCCOCc2ccccc21.O=C[C@@H]1C/C=C\COCCOCc2ccccc2C(=O)N1.[AlH3].[H-].[Li+]. The molecule has 0 bridgehead atoms. The monoisotopic (exact) mass is 1850 g/mol. The van der Waals surface area contributed by atoms with Gasteiger partial charge in [0.1, 0.15) is 18.4 Å². The number of Topliss-reactive ketones (excluding diaryl/α,β-unsaturated/α-hetero) is 1. The van der Waals surface area contributed by atoms with Crippen LogP contribution in [0, 0.1) is 11.3 Å². The van der Waals surface area contributed by atoms with E-state index in [1.54, 1.807) is 103 Å². The molecule has 0 aliphatic carbocycles. The predicted molar refractivity (Wildman–Crippen MR) is 497 cm³/mol. The number of hydrogen-bond donors (Lipinski definition) is 7. The first-order chi connectivity index (χ1) is 62.3. The predicted octanol–water partition coefficient (Wildman–Crippen LogP) is 7.81. The number of benzene rings is 7. The number of halogens is 3. The summed E-state index contributed by atoms with van der Waals surface area (Å²) in [6, 6.07) is 49.7. The summed E-state index contributed by atoms with van der Waals surface area (Å²) in [7, 11) is 2.91. The molecule has 7 N–H and O–H groups in total. The van der Waals surface area contributed by atoms with Crippen molar-refractivity contribution in [1.82, 2.24) is 37.0 Å². The van der Waals surface area contributed by atoms with Crippen LogP contribution in [0.1, 0.15) is 127 Å². The van der Waals surface area contributed by atoms with Gasteiger partial charge in [-0.2, -0.15) is 5.26 Å². The number of nitrogens with one attached hydrogen (secondary N) is 6. The summed E-state index contributed by atoms with van der Waals surface area (Å²) in [4.78, 5) is 117. The Kier molecular flexibility index (Phi) is 56.6. The number of carbonyl (C=O) groups excluding carboxylic acids is 9. The molecule has 0 spiro atoms. The number of fused-ring (bicyclic) bond motifs is 4. The molecular weight excluding hydrogens is 1740 g/mol. The zero-order valence-electron chi connectivity index (χ0n) is 74.2. The molecule has 5 atom stereocenters. The van der Waals surface area contributed by atoms with E-state index in [9.17, 15) is 48.3 Å². The van der Waals surface area contributed by atoms with Crippen molar-refractivity contribution < 1.29 is 116 Å². The molecule has 1 fully saturated rings. The molecule has 7 aromatic carbocycles. The van der Waals surface area contributed by atoms with Crippen LogP contribution >= 0.6 is 34.8 Å². The number of aliphatic hydroxyl groups is 1. The van der Waals surface area contributed by atoms with Crippen molar-refractivity contribution in [2.75, 3.05) is 120 Å². The number of hydroxylamine groups is 2. The molecule has 1 unspecified atom stereocenters. The quantitative estimate of drug-likeness (QED) is 0.0169. The molecule has 7 amide bonds. The molecule has 0 aromatic heterocycles. The number of ketones is 1. The van der Waals surface area contributed by atoms with E-state index in [1.165, 1.54) is 27.0 Å². The van der Waals surface area contributed by atoms with E-state index >= 15 is 0 Å². The molecule has 5 aliphatic rings. The molecule has 7 aromatic rings. The van der Waals surface area contributed by atoms with E-state index < -0.39 is 53.8 Å². The van der Waals surface area contributed by atoms with E-state index in [-0.39, 0.29) is 93.9 Å². The molecule has 5 aliphatic heterocycles. The van der Waals surface area contributed by atoms with Gasteiger partial charge in [0.2, 0.25) is 5.78 Å². The topological polar surface area (TPSA) is 365 Å². The first-order valence-electron chi connectivity index (χ1n) is 42.4. The summed E-state index contributed by atoms with van der Waals surface area (Å²) < 4.78 is 48.9. The molecule has 130 heavy (non-hydrogen) atoms. The van der Waals surface area contributed by atoms with Crippen LogP contribution in [0.25, 0.3) is 0 Å². The van der Waals surface area contributed by atoms with Gasteiger partial charge in [0.05, 0.1) is 131 Å². The minimum Gasteiger partial charge on any atom is -1.00 e. The second-order valence-corrected chi connectivity index (χ2v) is 30.4. The molecule has 5 heterocycles. The zero-order chi connectivity index (χ0) is 91.6. The summed E-state index contributed by atoms with van der Waals surface area (Å²) in [5, 5.41) is 38.6. The van der Waals surface area contributed by atoms with Crippen molar-refractivity contribution in [3.63, 3.8) is 0 Å². The number of likely N-dealkylation sites (N-methyl/N-ethyl adjacent to an activating group) is 1. The Bertz CT molecular complexity index is 4740. The Morgan fingerprint density at radius 1 is 0.469 bits per heavy atom. The second kappa shape index (κ2) is 66.5. The number of nitrogens with zero attached hydrogens (tertiary/aromatic N) is 2. The third-order valence-electron chi connectivity index (χ3n) is 19.6. The average molecular weight is 1860 g/mol. The Balaban J connectivity index is 0.000000346. The van der Waals surface area contributed by atoms with Crippen molar-refractivity contribution in [3.8, 4) is 6.07 Å². The molecule has 33 heteroatoms. The van der Waals surface area contributed by atoms with Crippen LogP contribution in [0.5, 0.6) is 0 Å². The minimum absolute atomic E-state index is 0. The normalized spacial score (nSPS) is 18.9. The van der Waals surface area contributed by atoms with E-state index in [0.717, 1.165) is 69.4 Å². The third kappa shape index (κ3) is 43.5. The second-order valence-electron chi connectivity index (χ2n) is 29.0. The van der Waals surface area contributed by atoms with E-state index in [1.807, 2.05) is 115 Å². The van der Waals surface area contributed by atoms with Gasteiger partial charge in [-0.1, -0.05) is 193 Å². The first-order valence-corrected chi connectivity index (χ1v) is 43.5. The fourth-order valence-corrected chi connectivity index (χ4v) is 12.9. The summed E-state index contributed by atoms with van der Waals surface area (Å²) in [6.45, 7) is 8.97. The van der Waals surface area contributed by atoms with Crippen molar-refractivity contribution in [1.29, 1.82) is 5.26 Å². The van der Waals surface area contributed by atoms with Crippen LogP contribution in [0.3, 0.4) is 0 Å². The van der Waals surface area contributed by atoms with E-state index in [0.29, 0.717) is 169 Å². The molecular formula is C97H119AlCl3LiN8O20. The standard InChI is InChI=1S/C25H29ClN2O5.C25H27ClN2O5.C18H24N2O5.C16H19NO4.C9H8ClN.C4H8O.Al.Li.4H/c2*26-20-10-8-18(9-11-20)12-13-27-25(31)23(29)22-7-3-4-14-32-15-16-33-17-19-5-1-2-6-21(19)24(30)28-22;1-20(23-2)18(22)16-9-5-6-10-24-11-12-25-13-14-7-3-4-8-15(14)17(21)19-16;18-11-14-6-3-4-8-20-9-10-21-12-13-5-1-2-7-15(13)16(19)17-14;10-9-5-3-8(4-6-9)2-1-7-11;1-2-4-5-3-1;;;;;;/h1-6,8-11,22-23,29H,7,12-17H2,(H,27,31)(H,28,30);1-6,8-11,22H,7,12-17H2,(H,27,31)(H,28,30);3-8,16H,9-13H2,1-2H3,(H,19,21);1-5,7,11,14H,6,8-10,12H2,(H,17,19);3-6H,1-2H2;1-4H2;;;;;;/q;;;;;;;+1;;;;-1/b2*4-3-;6-5-;4-3-;;;;;;;;/t22-,23?;22-;16-;14-;;;;;;;;/m0000......../s1. The van der Waals surface area contributed by atoms with Gasteiger partial charge < -0.3 is 85.9 Å². The number of amides is 7. The minimum atomic E-state index is -1.42. The molecule has 692 valence electrons. The van der Waals surface area contributed by atoms with Gasteiger partial charge in [-0.3, -0.25) is 43.2 Å². The van der Waals surface area contributed by atoms with Crippen LogP contribution < -0.4 is 50.8 Å². The molecule has 0 radical (unpaired) electrons. The fraction of sp³-hybridized carbons (Fsp3) is 0.381. The van der Waals surface area contributed by atoms with E-state index in [2.05, 4.69) is 38.0 Å². The van der Waals surface area contributed by atoms with Gasteiger partial charge in [0, 0.05) is 77.1 Å². The largest absolute Gasteiger partial charge is 1.00 e. The van der Waals surface area contributed by atoms with Crippen LogP contribution in [-0.4, -0.2) is 231 Å². The van der Waals surface area contributed by atoms with Crippen molar-refractivity contribution in [2.45, 2.75) is 121 Å². The number of ether oxygens (including phenoxy) is 9. The summed E-state index contributed by atoms with van der Waals surface area (Å²) in [6.07, 6.45) is 20.0. The van der Waals surface area contributed by atoms with Crippen LogP contribution in [0.4, 0.5) is 0 Å². The number of hydrogen-bond acceptors (Lipinski definition) is 21. The maximum Gasteiger partial charge on any atom is 1.00 e.